The van der Waals surface area contributed by atoms with Crippen molar-refractivity contribution < 1.29 is 23.8 Å². The van der Waals surface area contributed by atoms with Crippen molar-refractivity contribution in [2.75, 3.05) is 30.5 Å². The fourth-order valence-corrected chi connectivity index (χ4v) is 3.77. The molecule has 0 unspecified atom stereocenters. The van der Waals surface area contributed by atoms with E-state index in [1.54, 1.807) is 36.4 Å². The van der Waals surface area contributed by atoms with E-state index in [-0.39, 0.29) is 23.8 Å². The summed E-state index contributed by atoms with van der Waals surface area (Å²) in [5.41, 5.74) is 3.42. The minimum Gasteiger partial charge on any atom is -0.492 e. The van der Waals surface area contributed by atoms with E-state index in [9.17, 15) is 9.59 Å². The summed E-state index contributed by atoms with van der Waals surface area (Å²) in [6, 6.07) is 18.1. The summed E-state index contributed by atoms with van der Waals surface area (Å²) < 4.78 is 17.5. The molecule has 0 fully saturated rings. The van der Waals surface area contributed by atoms with Gasteiger partial charge in [0, 0.05) is 17.7 Å². The molecule has 0 heterocycles. The number of carbonyl (C=O) groups is 2. The maximum absolute atomic E-state index is 12.9. The number of rotatable bonds is 10. The number of hydrogen-bond donors (Lipinski definition) is 2. The van der Waals surface area contributed by atoms with Gasteiger partial charge in [0.15, 0.2) is 6.61 Å². The summed E-state index contributed by atoms with van der Waals surface area (Å²) in [4.78, 5) is 25.6. The first-order valence-electron chi connectivity index (χ1n) is 12.5. The van der Waals surface area contributed by atoms with Crippen molar-refractivity contribution in [2.24, 2.45) is 0 Å². The Labute approximate surface area is 219 Å². The topological polar surface area (TPSA) is 85.9 Å². The first-order valence-corrected chi connectivity index (χ1v) is 12.5. The average molecular weight is 505 g/mol. The molecule has 3 aromatic carbocycles. The predicted octanol–water partition coefficient (Wildman–Crippen LogP) is 6.36. The summed E-state index contributed by atoms with van der Waals surface area (Å²) >= 11 is 0. The number of amides is 2. The van der Waals surface area contributed by atoms with Gasteiger partial charge < -0.3 is 24.8 Å². The molecule has 0 saturated heterocycles. The van der Waals surface area contributed by atoms with Crippen LogP contribution in [0, 0.1) is 6.92 Å². The Morgan fingerprint density at radius 1 is 0.757 bits per heavy atom. The van der Waals surface area contributed by atoms with Crippen LogP contribution in [0.2, 0.25) is 0 Å². The number of benzene rings is 3. The standard InChI is InChI=1S/C30H36N2O5/c1-7-35-26-18-24(32-29(34)21-12-10-9-11-13-21)27(36-8-2)17-23(26)31-28(33)19-37-25-15-14-20(3)16-22(25)30(4,5)6/h9-18H,7-8,19H2,1-6H3,(H,31,33)(H,32,34). The van der Waals surface area contributed by atoms with Gasteiger partial charge in [0.25, 0.3) is 11.8 Å². The van der Waals surface area contributed by atoms with E-state index in [1.165, 1.54) is 0 Å². The normalized spacial score (nSPS) is 11.0. The zero-order valence-corrected chi connectivity index (χ0v) is 22.4. The van der Waals surface area contributed by atoms with E-state index in [4.69, 9.17) is 14.2 Å². The van der Waals surface area contributed by atoms with Gasteiger partial charge in [0.2, 0.25) is 0 Å². The second-order valence-corrected chi connectivity index (χ2v) is 9.62. The van der Waals surface area contributed by atoms with Gasteiger partial charge in [0.05, 0.1) is 24.6 Å². The highest BCUT2D eigenvalue weighted by atomic mass is 16.5. The Balaban J connectivity index is 1.81. The second kappa shape index (κ2) is 12.3. The molecule has 0 aliphatic rings. The molecular formula is C30H36N2O5. The first-order chi connectivity index (χ1) is 17.6. The molecule has 196 valence electrons. The fraction of sp³-hybridized carbons (Fsp3) is 0.333. The zero-order chi connectivity index (χ0) is 27.0. The van der Waals surface area contributed by atoms with Gasteiger partial charge in [-0.1, -0.05) is 56.7 Å². The van der Waals surface area contributed by atoms with Gasteiger partial charge in [-0.25, -0.2) is 0 Å². The van der Waals surface area contributed by atoms with Crippen molar-refractivity contribution in [3.63, 3.8) is 0 Å². The van der Waals surface area contributed by atoms with E-state index in [0.29, 0.717) is 47.4 Å². The lowest BCUT2D eigenvalue weighted by Crippen LogP contribution is -2.22. The molecule has 0 radical (unpaired) electrons. The molecule has 0 saturated carbocycles. The SMILES string of the molecule is CCOc1cc(NC(=O)c2ccccc2)c(OCC)cc1NC(=O)COc1ccc(C)cc1C(C)(C)C. The smallest absolute Gasteiger partial charge is 0.262 e. The highest BCUT2D eigenvalue weighted by Gasteiger charge is 2.21. The van der Waals surface area contributed by atoms with E-state index in [0.717, 1.165) is 11.1 Å². The quantitative estimate of drug-likeness (QED) is 0.336. The monoisotopic (exact) mass is 504 g/mol. The summed E-state index contributed by atoms with van der Waals surface area (Å²) in [6.45, 7) is 12.6. The lowest BCUT2D eigenvalue weighted by Gasteiger charge is -2.23. The summed E-state index contributed by atoms with van der Waals surface area (Å²) in [5.74, 6) is 0.882. The maximum Gasteiger partial charge on any atom is 0.262 e. The highest BCUT2D eigenvalue weighted by Crippen LogP contribution is 2.37. The van der Waals surface area contributed by atoms with Gasteiger partial charge in [-0.15, -0.1) is 0 Å². The lowest BCUT2D eigenvalue weighted by atomic mass is 9.85. The van der Waals surface area contributed by atoms with Crippen LogP contribution in [0.1, 0.15) is 56.1 Å². The Morgan fingerprint density at radius 2 is 1.35 bits per heavy atom. The van der Waals surface area contributed by atoms with Gasteiger partial charge in [-0.3, -0.25) is 9.59 Å². The largest absolute Gasteiger partial charge is 0.492 e. The first kappa shape index (κ1) is 27.6. The second-order valence-electron chi connectivity index (χ2n) is 9.62. The number of aryl methyl sites for hydroxylation is 1. The number of anilines is 2. The highest BCUT2D eigenvalue weighted by molar-refractivity contribution is 6.05. The van der Waals surface area contributed by atoms with Gasteiger partial charge in [0.1, 0.15) is 17.2 Å². The molecule has 3 aromatic rings. The molecule has 2 N–H and O–H groups in total. The Hall–Kier alpha value is -4.00. The molecule has 0 aliphatic heterocycles. The fourth-order valence-electron chi connectivity index (χ4n) is 3.77. The van der Waals surface area contributed by atoms with Crippen LogP contribution in [0.4, 0.5) is 11.4 Å². The molecule has 7 nitrogen and oxygen atoms in total. The summed E-state index contributed by atoms with van der Waals surface area (Å²) in [5, 5.41) is 5.75. The molecule has 7 heteroatoms. The molecule has 0 bridgehead atoms. The molecule has 0 aromatic heterocycles. The molecule has 3 rings (SSSR count). The number of ether oxygens (including phenoxy) is 3. The molecule has 0 atom stereocenters. The van der Waals surface area contributed by atoms with Gasteiger partial charge in [-0.2, -0.15) is 0 Å². The Bertz CT molecular complexity index is 1230. The van der Waals surface area contributed by atoms with Gasteiger partial charge >= 0.3 is 0 Å². The van der Waals surface area contributed by atoms with Crippen LogP contribution < -0.4 is 24.8 Å². The van der Waals surface area contributed by atoms with Crippen molar-refractivity contribution in [1.82, 2.24) is 0 Å². The molecule has 0 spiro atoms. The van der Waals surface area contributed by atoms with Crippen molar-refractivity contribution in [2.45, 2.75) is 47.0 Å². The van der Waals surface area contributed by atoms with Crippen LogP contribution in [0.3, 0.4) is 0 Å². The minimum atomic E-state index is -0.343. The maximum atomic E-state index is 12.9. The molecule has 37 heavy (non-hydrogen) atoms. The van der Waals surface area contributed by atoms with Gasteiger partial charge in [-0.05, 0) is 49.9 Å². The van der Waals surface area contributed by atoms with Crippen LogP contribution in [-0.2, 0) is 10.2 Å². The van der Waals surface area contributed by atoms with Crippen LogP contribution in [-0.4, -0.2) is 31.6 Å². The third-order valence-corrected chi connectivity index (χ3v) is 5.54. The third-order valence-electron chi connectivity index (χ3n) is 5.54. The zero-order valence-electron chi connectivity index (χ0n) is 22.4. The number of nitrogens with one attached hydrogen (secondary N) is 2. The average Bonchev–Trinajstić information content (AvgIpc) is 2.86. The lowest BCUT2D eigenvalue weighted by molar-refractivity contribution is -0.118. The van der Waals surface area contributed by atoms with E-state index in [2.05, 4.69) is 37.5 Å². The van der Waals surface area contributed by atoms with E-state index < -0.39 is 0 Å². The van der Waals surface area contributed by atoms with Crippen molar-refractivity contribution in [3.8, 4) is 17.2 Å². The van der Waals surface area contributed by atoms with E-state index in [1.807, 2.05) is 39.0 Å². The van der Waals surface area contributed by atoms with Crippen molar-refractivity contribution in [3.05, 3.63) is 77.4 Å². The number of hydrogen-bond acceptors (Lipinski definition) is 5. The van der Waals surface area contributed by atoms with Crippen LogP contribution in [0.25, 0.3) is 0 Å². The Kier molecular flexibility index (Phi) is 9.17. The summed E-state index contributed by atoms with van der Waals surface area (Å²) in [6.07, 6.45) is 0. The molecular weight excluding hydrogens is 468 g/mol. The molecule has 2 amide bonds. The third kappa shape index (κ3) is 7.49. The van der Waals surface area contributed by atoms with Crippen molar-refractivity contribution in [1.29, 1.82) is 0 Å². The van der Waals surface area contributed by atoms with Crippen LogP contribution in [0.5, 0.6) is 17.2 Å². The summed E-state index contributed by atoms with van der Waals surface area (Å²) in [7, 11) is 0. The Morgan fingerprint density at radius 3 is 1.92 bits per heavy atom. The van der Waals surface area contributed by atoms with Crippen molar-refractivity contribution >= 4 is 23.2 Å². The van der Waals surface area contributed by atoms with Crippen LogP contribution in [0.15, 0.2) is 60.7 Å². The minimum absolute atomic E-state index is 0.133. The van der Waals surface area contributed by atoms with E-state index >= 15 is 0 Å². The van der Waals surface area contributed by atoms with Crippen LogP contribution >= 0.6 is 0 Å². The number of carbonyl (C=O) groups excluding carboxylic acids is 2. The predicted molar refractivity (Wildman–Crippen MR) is 147 cm³/mol. The molecule has 0 aliphatic carbocycles.